The SMILES string of the molecule is c1ccc(-c2nc(-c3ccc4c(c3)oc3ccccc34)nc(-n3c4ccccc4c4c5c(ccc43)sc3c4ccccc4c4ccccc4c35)n2)cc1. The Balaban J connectivity index is 1.19. The number of fused-ring (bicyclic) bond motifs is 15. The van der Waals surface area contributed by atoms with Crippen molar-refractivity contribution >= 4 is 96.8 Å². The summed E-state index contributed by atoms with van der Waals surface area (Å²) in [5, 5.41) is 12.2. The van der Waals surface area contributed by atoms with Crippen LogP contribution in [0.5, 0.6) is 0 Å². The Labute approximate surface area is 306 Å². The van der Waals surface area contributed by atoms with Gasteiger partial charge in [-0.1, -0.05) is 121 Å². The van der Waals surface area contributed by atoms with Gasteiger partial charge in [-0.3, -0.25) is 4.57 Å². The van der Waals surface area contributed by atoms with Crippen LogP contribution in [-0.2, 0) is 0 Å². The van der Waals surface area contributed by atoms with Gasteiger partial charge in [0.15, 0.2) is 11.6 Å². The van der Waals surface area contributed by atoms with E-state index in [1.165, 1.54) is 47.1 Å². The van der Waals surface area contributed by atoms with Crippen LogP contribution in [0.4, 0.5) is 0 Å². The Morgan fingerprint density at radius 2 is 1.06 bits per heavy atom. The summed E-state index contributed by atoms with van der Waals surface area (Å²) in [7, 11) is 0. The highest BCUT2D eigenvalue weighted by Crippen LogP contribution is 2.48. The Kier molecular flexibility index (Phi) is 5.87. The summed E-state index contributed by atoms with van der Waals surface area (Å²) >= 11 is 1.88. The molecule has 0 radical (unpaired) electrons. The molecule has 0 aliphatic carbocycles. The first-order valence-corrected chi connectivity index (χ1v) is 18.5. The normalized spacial score (nSPS) is 12.2. The molecule has 0 saturated heterocycles. The van der Waals surface area contributed by atoms with Gasteiger partial charge in [0.25, 0.3) is 0 Å². The molecule has 8 aromatic carbocycles. The molecule has 6 heteroatoms. The number of furan rings is 1. The van der Waals surface area contributed by atoms with Crippen molar-refractivity contribution in [2.45, 2.75) is 0 Å². The number of para-hydroxylation sites is 2. The van der Waals surface area contributed by atoms with Crippen LogP contribution < -0.4 is 0 Å². The lowest BCUT2D eigenvalue weighted by Crippen LogP contribution is -2.06. The maximum Gasteiger partial charge on any atom is 0.238 e. The summed E-state index contributed by atoms with van der Waals surface area (Å²) in [6, 6.07) is 55.3. The van der Waals surface area contributed by atoms with Crippen LogP contribution in [0.1, 0.15) is 0 Å². The molecule has 5 nitrogen and oxygen atoms in total. The Morgan fingerprint density at radius 3 is 1.89 bits per heavy atom. The number of hydrogen-bond donors (Lipinski definition) is 0. The predicted molar refractivity (Wildman–Crippen MR) is 220 cm³/mol. The average Bonchev–Trinajstić information content (AvgIpc) is 3.91. The number of benzene rings is 8. The second kappa shape index (κ2) is 10.8. The second-order valence-corrected chi connectivity index (χ2v) is 14.6. The summed E-state index contributed by atoms with van der Waals surface area (Å²) in [6.07, 6.45) is 0. The first kappa shape index (κ1) is 28.8. The van der Waals surface area contributed by atoms with Crippen molar-refractivity contribution in [1.29, 1.82) is 0 Å². The van der Waals surface area contributed by atoms with Crippen LogP contribution in [0.25, 0.3) is 114 Å². The van der Waals surface area contributed by atoms with Gasteiger partial charge in [0.2, 0.25) is 5.95 Å². The van der Waals surface area contributed by atoms with Crippen LogP contribution in [-0.4, -0.2) is 19.5 Å². The number of rotatable bonds is 3. The molecule has 0 unspecified atom stereocenters. The summed E-state index contributed by atoms with van der Waals surface area (Å²) in [5.41, 5.74) is 5.55. The molecule has 0 aliphatic heterocycles. The molecule has 246 valence electrons. The van der Waals surface area contributed by atoms with Gasteiger partial charge >= 0.3 is 0 Å². The largest absolute Gasteiger partial charge is 0.456 e. The van der Waals surface area contributed by atoms with Gasteiger partial charge in [0, 0.05) is 58.2 Å². The van der Waals surface area contributed by atoms with Crippen LogP contribution in [0.15, 0.2) is 162 Å². The first-order chi connectivity index (χ1) is 26.3. The van der Waals surface area contributed by atoms with E-state index in [-0.39, 0.29) is 0 Å². The first-order valence-electron chi connectivity index (χ1n) is 17.7. The number of thiophene rings is 1. The van der Waals surface area contributed by atoms with Crippen molar-refractivity contribution in [2.24, 2.45) is 0 Å². The zero-order chi connectivity index (χ0) is 34.6. The maximum absolute atomic E-state index is 6.30. The minimum atomic E-state index is 0.568. The quantitative estimate of drug-likeness (QED) is 0.173. The molecule has 53 heavy (non-hydrogen) atoms. The molecule has 0 fully saturated rings. The van der Waals surface area contributed by atoms with E-state index in [9.17, 15) is 0 Å². The summed E-state index contributed by atoms with van der Waals surface area (Å²) in [4.78, 5) is 15.5. The fraction of sp³-hybridized carbons (Fsp3) is 0. The zero-order valence-corrected chi connectivity index (χ0v) is 28.9. The molecular formula is C47H26N4OS. The Morgan fingerprint density at radius 1 is 0.415 bits per heavy atom. The fourth-order valence-corrected chi connectivity index (χ4v) is 9.60. The standard InChI is InChI=1S/C47H26N4OS/c1-2-12-27(13-3-1)45-48-46(28-22-23-32-31-16-9-11-21-38(31)52-39(32)26-28)50-47(49-45)51-36-20-10-8-19-35(36)41-37(51)24-25-40-43(41)42-33-17-6-4-14-29(33)30-15-5-7-18-34(30)44(42)53-40/h1-26H. The average molecular weight is 695 g/mol. The van der Waals surface area contributed by atoms with Gasteiger partial charge in [0.1, 0.15) is 11.2 Å². The second-order valence-electron chi connectivity index (χ2n) is 13.5. The molecule has 0 amide bonds. The van der Waals surface area contributed by atoms with E-state index < -0.39 is 0 Å². The zero-order valence-electron chi connectivity index (χ0n) is 28.1. The van der Waals surface area contributed by atoms with Crippen molar-refractivity contribution in [1.82, 2.24) is 19.5 Å². The molecule has 12 aromatic rings. The van der Waals surface area contributed by atoms with Crippen molar-refractivity contribution in [3.63, 3.8) is 0 Å². The monoisotopic (exact) mass is 694 g/mol. The summed E-state index contributed by atoms with van der Waals surface area (Å²) < 4.78 is 11.1. The molecular weight excluding hydrogens is 669 g/mol. The van der Waals surface area contributed by atoms with E-state index in [1.807, 2.05) is 65.9 Å². The molecule has 0 aliphatic rings. The van der Waals surface area contributed by atoms with Gasteiger partial charge < -0.3 is 4.42 Å². The van der Waals surface area contributed by atoms with Crippen molar-refractivity contribution in [3.8, 4) is 28.7 Å². The molecule has 0 saturated carbocycles. The van der Waals surface area contributed by atoms with E-state index in [0.717, 1.165) is 49.5 Å². The van der Waals surface area contributed by atoms with Crippen molar-refractivity contribution in [3.05, 3.63) is 158 Å². The van der Waals surface area contributed by atoms with E-state index in [0.29, 0.717) is 17.6 Å². The van der Waals surface area contributed by atoms with E-state index in [2.05, 4.69) is 108 Å². The minimum absolute atomic E-state index is 0.568. The van der Waals surface area contributed by atoms with E-state index in [1.54, 1.807) is 0 Å². The molecule has 12 rings (SSSR count). The van der Waals surface area contributed by atoms with Gasteiger partial charge in [-0.2, -0.15) is 9.97 Å². The van der Waals surface area contributed by atoms with E-state index >= 15 is 0 Å². The maximum atomic E-state index is 6.30. The van der Waals surface area contributed by atoms with Crippen LogP contribution in [0.3, 0.4) is 0 Å². The van der Waals surface area contributed by atoms with Crippen molar-refractivity contribution < 1.29 is 4.42 Å². The third kappa shape index (κ3) is 4.09. The molecule has 0 bridgehead atoms. The molecule has 4 aromatic heterocycles. The van der Waals surface area contributed by atoms with Crippen LogP contribution in [0.2, 0.25) is 0 Å². The third-order valence-electron chi connectivity index (χ3n) is 10.6. The highest BCUT2D eigenvalue weighted by molar-refractivity contribution is 7.27. The van der Waals surface area contributed by atoms with E-state index in [4.69, 9.17) is 19.4 Å². The lowest BCUT2D eigenvalue weighted by atomic mass is 9.96. The van der Waals surface area contributed by atoms with Crippen LogP contribution in [0, 0.1) is 0 Å². The van der Waals surface area contributed by atoms with Gasteiger partial charge in [-0.15, -0.1) is 11.3 Å². The topological polar surface area (TPSA) is 56.7 Å². The molecule has 0 spiro atoms. The van der Waals surface area contributed by atoms with Gasteiger partial charge in [0.05, 0.1) is 11.0 Å². The van der Waals surface area contributed by atoms with Crippen molar-refractivity contribution in [2.75, 3.05) is 0 Å². The number of hydrogen-bond acceptors (Lipinski definition) is 5. The lowest BCUT2D eigenvalue weighted by Gasteiger charge is -2.11. The Hall–Kier alpha value is -6.89. The summed E-state index contributed by atoms with van der Waals surface area (Å²) in [6.45, 7) is 0. The molecule has 0 atom stereocenters. The van der Waals surface area contributed by atoms with Crippen LogP contribution >= 0.6 is 11.3 Å². The summed E-state index contributed by atoms with van der Waals surface area (Å²) in [5.74, 6) is 1.77. The third-order valence-corrected chi connectivity index (χ3v) is 11.8. The number of nitrogens with zero attached hydrogens (tertiary/aromatic N) is 4. The molecule has 0 N–H and O–H groups in total. The highest BCUT2D eigenvalue weighted by Gasteiger charge is 2.23. The Bertz CT molecular complexity index is 3470. The fourth-order valence-electron chi connectivity index (χ4n) is 8.34. The highest BCUT2D eigenvalue weighted by atomic mass is 32.1. The predicted octanol–water partition coefficient (Wildman–Crippen LogP) is 12.9. The lowest BCUT2D eigenvalue weighted by molar-refractivity contribution is 0.669. The minimum Gasteiger partial charge on any atom is -0.456 e. The smallest absolute Gasteiger partial charge is 0.238 e. The van der Waals surface area contributed by atoms with Gasteiger partial charge in [-0.05, 0) is 52.6 Å². The molecule has 4 heterocycles. The van der Waals surface area contributed by atoms with Gasteiger partial charge in [-0.25, -0.2) is 4.98 Å². The number of aromatic nitrogens is 4.